The molecule has 1 fully saturated rings. The highest BCUT2D eigenvalue weighted by molar-refractivity contribution is 7.89. The molecule has 128 valence electrons. The van der Waals surface area contributed by atoms with Gasteiger partial charge in [-0.15, -0.1) is 0 Å². The number of amides is 1. The van der Waals surface area contributed by atoms with Gasteiger partial charge in [-0.2, -0.15) is 4.98 Å². The summed E-state index contributed by atoms with van der Waals surface area (Å²) < 4.78 is 31.7. The van der Waals surface area contributed by atoms with Gasteiger partial charge in [0.05, 0.1) is 4.90 Å². The van der Waals surface area contributed by atoms with Crippen molar-refractivity contribution in [2.45, 2.75) is 30.2 Å². The second-order valence-electron chi connectivity index (χ2n) is 5.75. The van der Waals surface area contributed by atoms with E-state index in [1.165, 1.54) is 23.4 Å². The van der Waals surface area contributed by atoms with E-state index in [4.69, 9.17) is 0 Å². The number of nitrogens with one attached hydrogen (secondary N) is 1. The van der Waals surface area contributed by atoms with E-state index in [9.17, 15) is 13.2 Å². The van der Waals surface area contributed by atoms with Crippen LogP contribution in [0.1, 0.15) is 29.0 Å². The van der Waals surface area contributed by atoms with Gasteiger partial charge in [0.2, 0.25) is 16.4 Å². The summed E-state index contributed by atoms with van der Waals surface area (Å²) in [6.07, 6.45) is 3.41. The third-order valence-corrected chi connectivity index (χ3v) is 5.23. The molecule has 0 bridgehead atoms. The maximum Gasteiger partial charge on any atom is 0.253 e. The highest BCUT2D eigenvalue weighted by atomic mass is 32.2. The molecule has 1 aromatic carbocycles. The van der Waals surface area contributed by atoms with Crippen LogP contribution in [0.5, 0.6) is 0 Å². The Hall–Kier alpha value is -2.26. The molecule has 1 saturated carbocycles. The second kappa shape index (κ2) is 6.70. The first-order chi connectivity index (χ1) is 11.5. The van der Waals surface area contributed by atoms with Gasteiger partial charge < -0.3 is 9.42 Å². The van der Waals surface area contributed by atoms with Gasteiger partial charge in [0.1, 0.15) is 0 Å². The van der Waals surface area contributed by atoms with E-state index in [2.05, 4.69) is 19.4 Å². The minimum Gasteiger partial charge on any atom is -0.343 e. The number of nitrogens with zero attached hydrogens (tertiary/aromatic N) is 3. The van der Waals surface area contributed by atoms with Gasteiger partial charge in [-0.05, 0) is 31.0 Å². The molecule has 1 heterocycles. The quantitative estimate of drug-likeness (QED) is 0.793. The van der Waals surface area contributed by atoms with Gasteiger partial charge in [-0.3, -0.25) is 4.79 Å². The molecule has 0 spiro atoms. The molecule has 1 amide bonds. The summed E-state index contributed by atoms with van der Waals surface area (Å²) in [4.78, 5) is 18.0. The Kier molecular flexibility index (Phi) is 4.63. The zero-order valence-corrected chi connectivity index (χ0v) is 14.0. The van der Waals surface area contributed by atoms with Crippen LogP contribution < -0.4 is 4.72 Å². The van der Waals surface area contributed by atoms with Crippen LogP contribution in [0.2, 0.25) is 0 Å². The molecule has 3 rings (SSSR count). The largest absolute Gasteiger partial charge is 0.343 e. The van der Waals surface area contributed by atoms with Crippen LogP contribution in [-0.2, 0) is 16.4 Å². The maximum absolute atomic E-state index is 12.5. The van der Waals surface area contributed by atoms with Crippen LogP contribution >= 0.6 is 0 Å². The molecule has 0 unspecified atom stereocenters. The Morgan fingerprint density at radius 3 is 2.88 bits per heavy atom. The first kappa shape index (κ1) is 16.6. The number of aromatic nitrogens is 2. The summed E-state index contributed by atoms with van der Waals surface area (Å²) in [5.41, 5.74) is 0.323. The fraction of sp³-hybridized carbons (Fsp3) is 0.400. The maximum atomic E-state index is 12.5. The lowest BCUT2D eigenvalue weighted by Gasteiger charge is -2.16. The van der Waals surface area contributed by atoms with Crippen molar-refractivity contribution in [2.75, 3.05) is 13.6 Å². The highest BCUT2D eigenvalue weighted by Gasteiger charge is 2.28. The minimum atomic E-state index is -3.58. The van der Waals surface area contributed by atoms with Crippen LogP contribution in [0.25, 0.3) is 0 Å². The molecule has 24 heavy (non-hydrogen) atoms. The first-order valence-electron chi connectivity index (χ1n) is 7.59. The zero-order chi connectivity index (χ0) is 17.2. The average Bonchev–Trinajstić information content (AvgIpc) is 3.22. The van der Waals surface area contributed by atoms with Crippen LogP contribution in [0.15, 0.2) is 40.1 Å². The predicted molar refractivity (Wildman–Crippen MR) is 84.7 cm³/mol. The van der Waals surface area contributed by atoms with E-state index in [1.54, 1.807) is 19.2 Å². The molecule has 1 aliphatic carbocycles. The summed E-state index contributed by atoms with van der Waals surface area (Å²) in [6.45, 7) is 0.398. The lowest BCUT2D eigenvalue weighted by molar-refractivity contribution is 0.0795. The van der Waals surface area contributed by atoms with Crippen LogP contribution in [0, 0.1) is 0 Å². The predicted octanol–water partition coefficient (Wildman–Crippen LogP) is 0.825. The number of benzene rings is 1. The van der Waals surface area contributed by atoms with Crippen molar-refractivity contribution >= 4 is 15.9 Å². The van der Waals surface area contributed by atoms with E-state index in [0.717, 1.165) is 12.8 Å². The Balaban J connectivity index is 1.69. The summed E-state index contributed by atoms with van der Waals surface area (Å²) in [5.74, 6) is 0.251. The third kappa shape index (κ3) is 3.98. The monoisotopic (exact) mass is 350 g/mol. The van der Waals surface area contributed by atoms with Crippen LogP contribution in [0.3, 0.4) is 0 Å². The minimum absolute atomic E-state index is 0.0204. The second-order valence-corrected chi connectivity index (χ2v) is 7.46. The van der Waals surface area contributed by atoms with Gasteiger partial charge in [0.15, 0.2) is 5.82 Å². The topological polar surface area (TPSA) is 105 Å². The SMILES string of the molecule is CN(CCc1ncon1)C(=O)c1cccc(S(=O)(=O)NC2CC2)c1. The summed E-state index contributed by atoms with van der Waals surface area (Å²) >= 11 is 0. The van der Waals surface area contributed by atoms with E-state index in [0.29, 0.717) is 24.4 Å². The summed E-state index contributed by atoms with van der Waals surface area (Å²) in [6, 6.07) is 6.08. The Morgan fingerprint density at radius 2 is 2.21 bits per heavy atom. The van der Waals surface area contributed by atoms with Gasteiger partial charge >= 0.3 is 0 Å². The van der Waals surface area contributed by atoms with Crippen LogP contribution in [0.4, 0.5) is 0 Å². The van der Waals surface area contributed by atoms with Crippen molar-refractivity contribution in [1.29, 1.82) is 0 Å². The molecule has 9 heteroatoms. The van der Waals surface area contributed by atoms with Crippen molar-refractivity contribution in [3.63, 3.8) is 0 Å². The Bertz CT molecular complexity index is 816. The fourth-order valence-corrected chi connectivity index (χ4v) is 3.53. The van der Waals surface area contributed by atoms with E-state index in [1.807, 2.05) is 0 Å². The molecule has 1 aromatic heterocycles. The number of carbonyl (C=O) groups is 1. The number of hydrogen-bond donors (Lipinski definition) is 1. The average molecular weight is 350 g/mol. The fourth-order valence-electron chi connectivity index (χ4n) is 2.18. The molecule has 0 saturated heterocycles. The normalized spacial score (nSPS) is 14.5. The zero-order valence-electron chi connectivity index (χ0n) is 13.2. The lowest BCUT2D eigenvalue weighted by atomic mass is 10.2. The molecule has 1 N–H and O–H groups in total. The number of likely N-dealkylation sites (N-methyl/N-ethyl adjacent to an activating group) is 1. The van der Waals surface area contributed by atoms with Gasteiger partial charge in [-0.25, -0.2) is 13.1 Å². The molecule has 2 aromatic rings. The standard InChI is InChI=1S/C15H18N4O4S/c1-19(8-7-14-16-10-23-17-14)15(20)11-3-2-4-13(9-11)24(21,22)18-12-5-6-12/h2-4,9-10,12,18H,5-8H2,1H3. The van der Waals surface area contributed by atoms with Gasteiger partial charge in [0.25, 0.3) is 5.91 Å². The number of hydrogen-bond acceptors (Lipinski definition) is 6. The molecule has 0 atom stereocenters. The number of carbonyl (C=O) groups excluding carboxylic acids is 1. The van der Waals surface area contributed by atoms with Gasteiger partial charge in [-0.1, -0.05) is 11.2 Å². The smallest absolute Gasteiger partial charge is 0.253 e. The van der Waals surface area contributed by atoms with Crippen molar-refractivity contribution in [1.82, 2.24) is 19.8 Å². The first-order valence-corrected chi connectivity index (χ1v) is 9.07. The number of sulfonamides is 1. The van der Waals surface area contributed by atoms with Crippen molar-refractivity contribution in [3.05, 3.63) is 42.0 Å². The third-order valence-electron chi connectivity index (χ3n) is 3.71. The van der Waals surface area contributed by atoms with Crippen molar-refractivity contribution in [2.24, 2.45) is 0 Å². The molecule has 8 nitrogen and oxygen atoms in total. The Morgan fingerprint density at radius 1 is 1.42 bits per heavy atom. The van der Waals surface area contributed by atoms with E-state index in [-0.39, 0.29) is 16.8 Å². The molecule has 0 aliphatic heterocycles. The van der Waals surface area contributed by atoms with E-state index >= 15 is 0 Å². The van der Waals surface area contributed by atoms with Crippen molar-refractivity contribution < 1.29 is 17.7 Å². The summed E-state index contributed by atoms with van der Waals surface area (Å²) in [5, 5.41) is 3.69. The van der Waals surface area contributed by atoms with Gasteiger partial charge in [0, 0.05) is 31.6 Å². The van der Waals surface area contributed by atoms with Crippen molar-refractivity contribution in [3.8, 4) is 0 Å². The molecular formula is C15H18N4O4S. The number of rotatable bonds is 7. The van der Waals surface area contributed by atoms with Crippen LogP contribution in [-0.4, -0.2) is 49.0 Å². The molecular weight excluding hydrogens is 332 g/mol. The Labute approximate surface area is 139 Å². The summed E-state index contributed by atoms with van der Waals surface area (Å²) in [7, 11) is -1.93. The van der Waals surface area contributed by atoms with E-state index < -0.39 is 10.0 Å². The lowest BCUT2D eigenvalue weighted by Crippen LogP contribution is -2.30. The molecule has 1 aliphatic rings. The highest BCUT2D eigenvalue weighted by Crippen LogP contribution is 2.22. The molecule has 0 radical (unpaired) electrons.